The van der Waals surface area contributed by atoms with Gasteiger partial charge in [0.2, 0.25) is 5.88 Å². The molecule has 0 unspecified atom stereocenters. The average molecular weight is 240 g/mol. The van der Waals surface area contributed by atoms with E-state index in [1.807, 2.05) is 0 Å². The molecule has 94 valence electrons. The van der Waals surface area contributed by atoms with Gasteiger partial charge in [-0.1, -0.05) is 12.8 Å². The number of rotatable bonds is 4. The Morgan fingerprint density at radius 1 is 1.41 bits per heavy atom. The molecule has 0 radical (unpaired) electrons. The van der Waals surface area contributed by atoms with Gasteiger partial charge in [0, 0.05) is 6.42 Å². The highest BCUT2D eigenvalue weighted by atomic mass is 16.4. The third kappa shape index (κ3) is 2.35. The number of aliphatic carboxylic acids is 1. The summed E-state index contributed by atoms with van der Waals surface area (Å²) in [6.07, 6.45) is 3.98. The molecule has 17 heavy (non-hydrogen) atoms. The van der Waals surface area contributed by atoms with Crippen molar-refractivity contribution in [1.82, 2.24) is 9.78 Å². The Balaban J connectivity index is 2.22. The van der Waals surface area contributed by atoms with Crippen molar-refractivity contribution in [1.29, 1.82) is 0 Å². The first-order valence-electron chi connectivity index (χ1n) is 5.83. The summed E-state index contributed by atoms with van der Waals surface area (Å²) in [6, 6.07) is 0.140. The standard InChI is InChI=1S/C11H16N2O4/c14-9(15)6-5-8-10(16)12-13(11(8)17)7-3-1-2-4-7/h7,17H,1-6H2,(H,12,16)(H,14,15). The summed E-state index contributed by atoms with van der Waals surface area (Å²) in [5.74, 6) is -1.07. The lowest BCUT2D eigenvalue weighted by Crippen LogP contribution is -2.11. The van der Waals surface area contributed by atoms with Gasteiger partial charge in [0.1, 0.15) is 0 Å². The Kier molecular flexibility index (Phi) is 3.21. The molecule has 0 bridgehead atoms. The molecule has 0 saturated heterocycles. The second-order valence-electron chi connectivity index (χ2n) is 4.45. The number of H-pyrrole nitrogens is 1. The smallest absolute Gasteiger partial charge is 0.303 e. The highest BCUT2D eigenvalue weighted by Gasteiger charge is 2.23. The number of carbonyl (C=O) groups is 1. The van der Waals surface area contributed by atoms with Crippen LogP contribution in [-0.2, 0) is 11.2 Å². The lowest BCUT2D eigenvalue weighted by molar-refractivity contribution is -0.136. The molecule has 1 fully saturated rings. The van der Waals surface area contributed by atoms with Gasteiger partial charge in [-0.25, -0.2) is 0 Å². The van der Waals surface area contributed by atoms with E-state index in [0.29, 0.717) is 0 Å². The van der Waals surface area contributed by atoms with E-state index in [9.17, 15) is 14.7 Å². The summed E-state index contributed by atoms with van der Waals surface area (Å²) >= 11 is 0. The number of hydrogen-bond acceptors (Lipinski definition) is 3. The van der Waals surface area contributed by atoms with Crippen LogP contribution in [0.5, 0.6) is 5.88 Å². The fourth-order valence-corrected chi connectivity index (χ4v) is 2.36. The summed E-state index contributed by atoms with van der Waals surface area (Å²) in [7, 11) is 0. The molecule has 0 atom stereocenters. The highest BCUT2D eigenvalue weighted by molar-refractivity contribution is 5.67. The molecule has 3 N–H and O–H groups in total. The monoisotopic (exact) mass is 240 g/mol. The van der Waals surface area contributed by atoms with Gasteiger partial charge in [-0.2, -0.15) is 0 Å². The average Bonchev–Trinajstić information content (AvgIpc) is 2.85. The zero-order chi connectivity index (χ0) is 12.4. The first-order valence-corrected chi connectivity index (χ1v) is 5.83. The van der Waals surface area contributed by atoms with Crippen LogP contribution in [0.1, 0.15) is 43.7 Å². The van der Waals surface area contributed by atoms with E-state index in [1.54, 1.807) is 0 Å². The van der Waals surface area contributed by atoms with Gasteiger partial charge in [-0.05, 0) is 19.3 Å². The van der Waals surface area contributed by atoms with Gasteiger partial charge < -0.3 is 10.2 Å². The van der Waals surface area contributed by atoms with Crippen molar-refractivity contribution >= 4 is 5.97 Å². The van der Waals surface area contributed by atoms with Gasteiger partial charge in [0.15, 0.2) is 0 Å². The first kappa shape index (κ1) is 11.8. The van der Waals surface area contributed by atoms with E-state index in [2.05, 4.69) is 5.10 Å². The fourth-order valence-electron chi connectivity index (χ4n) is 2.36. The number of aromatic hydroxyl groups is 1. The number of nitrogens with zero attached hydrogens (tertiary/aromatic N) is 1. The van der Waals surface area contributed by atoms with Crippen LogP contribution in [0.4, 0.5) is 0 Å². The van der Waals surface area contributed by atoms with E-state index in [1.165, 1.54) is 4.68 Å². The van der Waals surface area contributed by atoms with E-state index in [4.69, 9.17) is 5.11 Å². The van der Waals surface area contributed by atoms with Crippen LogP contribution >= 0.6 is 0 Å². The SMILES string of the molecule is O=C(O)CCc1c(O)n(C2CCCC2)[nH]c1=O. The molecule has 0 aromatic carbocycles. The van der Waals surface area contributed by atoms with E-state index >= 15 is 0 Å². The maximum atomic E-state index is 11.6. The second-order valence-corrected chi connectivity index (χ2v) is 4.45. The van der Waals surface area contributed by atoms with Gasteiger partial charge >= 0.3 is 5.97 Å². The van der Waals surface area contributed by atoms with Crippen molar-refractivity contribution in [2.75, 3.05) is 0 Å². The Morgan fingerprint density at radius 3 is 2.65 bits per heavy atom. The molecule has 6 heteroatoms. The van der Waals surface area contributed by atoms with Crippen molar-refractivity contribution in [2.45, 2.75) is 44.6 Å². The molecule has 2 rings (SSSR count). The van der Waals surface area contributed by atoms with Crippen molar-refractivity contribution in [2.24, 2.45) is 0 Å². The molecule has 1 heterocycles. The summed E-state index contributed by atoms with van der Waals surface area (Å²) in [4.78, 5) is 22.1. The first-order chi connectivity index (χ1) is 8.09. The number of nitrogens with one attached hydrogen (secondary N) is 1. The maximum Gasteiger partial charge on any atom is 0.303 e. The molecular weight excluding hydrogens is 224 g/mol. The topological polar surface area (TPSA) is 95.3 Å². The van der Waals surface area contributed by atoms with Gasteiger partial charge in [-0.15, -0.1) is 0 Å². The van der Waals surface area contributed by atoms with E-state index in [-0.39, 0.29) is 35.9 Å². The molecule has 1 aliphatic carbocycles. The van der Waals surface area contributed by atoms with Crippen LogP contribution in [-0.4, -0.2) is 26.0 Å². The third-order valence-electron chi connectivity index (χ3n) is 3.27. The van der Waals surface area contributed by atoms with Crippen LogP contribution in [0, 0.1) is 0 Å². The fraction of sp³-hybridized carbons (Fsp3) is 0.636. The molecule has 0 amide bonds. The number of carboxylic acids is 1. The minimum absolute atomic E-state index is 0.0657. The van der Waals surface area contributed by atoms with Crippen LogP contribution < -0.4 is 5.56 Å². The highest BCUT2D eigenvalue weighted by Crippen LogP contribution is 2.32. The van der Waals surface area contributed by atoms with Crippen LogP contribution in [0.3, 0.4) is 0 Å². The predicted molar refractivity (Wildman–Crippen MR) is 60.2 cm³/mol. The lowest BCUT2D eigenvalue weighted by Gasteiger charge is -2.11. The van der Waals surface area contributed by atoms with Crippen LogP contribution in [0.2, 0.25) is 0 Å². The number of aromatic amines is 1. The van der Waals surface area contributed by atoms with Crippen LogP contribution in [0.15, 0.2) is 4.79 Å². The number of carboxylic acid groups (broad SMARTS) is 1. The van der Waals surface area contributed by atoms with Gasteiger partial charge in [-0.3, -0.25) is 19.4 Å². The van der Waals surface area contributed by atoms with E-state index in [0.717, 1.165) is 25.7 Å². The summed E-state index contributed by atoms with van der Waals surface area (Å²) in [5, 5.41) is 21.1. The quantitative estimate of drug-likeness (QED) is 0.732. The zero-order valence-electron chi connectivity index (χ0n) is 9.48. The molecule has 0 spiro atoms. The summed E-state index contributed by atoms with van der Waals surface area (Å²) in [6.45, 7) is 0. The maximum absolute atomic E-state index is 11.6. The Hall–Kier alpha value is -1.72. The molecule has 1 aromatic heterocycles. The van der Waals surface area contributed by atoms with Gasteiger partial charge in [0.05, 0.1) is 11.6 Å². The Bertz CT molecular complexity index is 468. The van der Waals surface area contributed by atoms with E-state index < -0.39 is 5.97 Å². The number of hydrogen-bond donors (Lipinski definition) is 3. The minimum Gasteiger partial charge on any atom is -0.493 e. The molecule has 1 aliphatic rings. The summed E-state index contributed by atoms with van der Waals surface area (Å²) < 4.78 is 1.49. The van der Waals surface area contributed by atoms with Crippen molar-refractivity contribution in [3.63, 3.8) is 0 Å². The molecule has 1 aromatic rings. The largest absolute Gasteiger partial charge is 0.493 e. The second kappa shape index (κ2) is 4.65. The molecular formula is C11H16N2O4. The Morgan fingerprint density at radius 2 is 2.06 bits per heavy atom. The lowest BCUT2D eigenvalue weighted by atomic mass is 10.2. The third-order valence-corrected chi connectivity index (χ3v) is 3.27. The Labute approximate surface area is 97.9 Å². The molecule has 0 aliphatic heterocycles. The normalized spacial score (nSPS) is 16.5. The zero-order valence-corrected chi connectivity index (χ0v) is 9.48. The predicted octanol–water partition coefficient (Wildman–Crippen LogP) is 1.01. The minimum atomic E-state index is -0.975. The van der Waals surface area contributed by atoms with Gasteiger partial charge in [0.25, 0.3) is 5.56 Å². The van der Waals surface area contributed by atoms with Crippen molar-refractivity contribution in [3.8, 4) is 5.88 Å². The van der Waals surface area contributed by atoms with Crippen LogP contribution in [0.25, 0.3) is 0 Å². The summed E-state index contributed by atoms with van der Waals surface area (Å²) in [5.41, 5.74) is -0.199. The molecule has 1 saturated carbocycles. The van der Waals surface area contributed by atoms with Crippen molar-refractivity contribution < 1.29 is 15.0 Å². The van der Waals surface area contributed by atoms with Crippen molar-refractivity contribution in [3.05, 3.63) is 15.9 Å². The number of aromatic nitrogens is 2. The molecule has 6 nitrogen and oxygen atoms in total.